The van der Waals surface area contributed by atoms with Crippen LogP contribution in [0.15, 0.2) is 29.2 Å². The second-order valence-electron chi connectivity index (χ2n) is 5.34. The van der Waals surface area contributed by atoms with Crippen molar-refractivity contribution in [1.29, 1.82) is 0 Å². The third-order valence-electron chi connectivity index (χ3n) is 3.98. The third kappa shape index (κ3) is 3.34. The zero-order chi connectivity index (χ0) is 16.2. The third-order valence-corrected chi connectivity index (χ3v) is 5.03. The molecule has 0 aliphatic carbocycles. The molecule has 2 heterocycles. The summed E-state index contributed by atoms with van der Waals surface area (Å²) in [5.74, 6) is 3.08. The number of benzene rings is 1. The molecule has 0 N–H and O–H groups in total. The molecule has 0 amide bonds. The Morgan fingerprint density at radius 3 is 2.96 bits per heavy atom. The molecule has 1 aromatic carbocycles. The lowest BCUT2D eigenvalue weighted by molar-refractivity contribution is -0.146. The summed E-state index contributed by atoms with van der Waals surface area (Å²) in [6.07, 6.45) is 1.52. The van der Waals surface area contributed by atoms with Gasteiger partial charge in [0.05, 0.1) is 25.9 Å². The van der Waals surface area contributed by atoms with Crippen LogP contribution in [0, 0.1) is 5.92 Å². The summed E-state index contributed by atoms with van der Waals surface area (Å²) in [7, 11) is 3.10. The van der Waals surface area contributed by atoms with Crippen LogP contribution in [-0.4, -0.2) is 35.0 Å². The van der Waals surface area contributed by atoms with Crippen LogP contribution in [0.1, 0.15) is 18.1 Å². The number of carbonyl (C=O) groups excluding carboxylic acids is 1. The van der Waals surface area contributed by atoms with Crippen LogP contribution in [0.2, 0.25) is 0 Å². The average molecular weight is 333 g/mol. The van der Waals surface area contributed by atoms with Gasteiger partial charge in [0.25, 0.3) is 0 Å². The molecule has 1 aromatic heterocycles. The maximum Gasteiger partial charge on any atom is 0.310 e. The van der Waals surface area contributed by atoms with Crippen LogP contribution in [0.4, 0.5) is 0 Å². The molecule has 1 unspecified atom stereocenters. The highest BCUT2D eigenvalue weighted by Gasteiger charge is 2.28. The SMILES string of the molecule is COC(=O)C1CCc2nnc(CSc3ccccc3OC)n2C1. The van der Waals surface area contributed by atoms with Crippen LogP contribution >= 0.6 is 11.8 Å². The van der Waals surface area contributed by atoms with Gasteiger partial charge < -0.3 is 14.0 Å². The zero-order valence-electron chi connectivity index (χ0n) is 13.2. The lowest BCUT2D eigenvalue weighted by Crippen LogP contribution is -2.28. The summed E-state index contributed by atoms with van der Waals surface area (Å²) >= 11 is 1.65. The highest BCUT2D eigenvalue weighted by atomic mass is 32.2. The first-order valence-electron chi connectivity index (χ1n) is 7.47. The van der Waals surface area contributed by atoms with Crippen molar-refractivity contribution in [3.8, 4) is 5.75 Å². The first kappa shape index (κ1) is 15.9. The van der Waals surface area contributed by atoms with Crippen molar-refractivity contribution in [2.24, 2.45) is 5.92 Å². The Balaban J connectivity index is 1.73. The molecule has 23 heavy (non-hydrogen) atoms. The van der Waals surface area contributed by atoms with Crippen LogP contribution in [0.5, 0.6) is 5.75 Å². The molecule has 2 aromatic rings. The number of aryl methyl sites for hydroxylation is 1. The molecular formula is C16H19N3O3S. The van der Waals surface area contributed by atoms with Gasteiger partial charge in [-0.15, -0.1) is 22.0 Å². The number of fused-ring (bicyclic) bond motifs is 1. The smallest absolute Gasteiger partial charge is 0.310 e. The Kier molecular flexibility index (Phi) is 4.85. The van der Waals surface area contributed by atoms with Crippen molar-refractivity contribution in [2.45, 2.75) is 30.0 Å². The summed E-state index contributed by atoms with van der Waals surface area (Å²) in [4.78, 5) is 12.8. The van der Waals surface area contributed by atoms with Crippen LogP contribution < -0.4 is 4.74 Å². The molecule has 0 bridgehead atoms. The van der Waals surface area contributed by atoms with Crippen molar-refractivity contribution in [1.82, 2.24) is 14.8 Å². The minimum Gasteiger partial charge on any atom is -0.496 e. The van der Waals surface area contributed by atoms with E-state index in [0.717, 1.165) is 35.1 Å². The molecule has 1 atom stereocenters. The predicted octanol–water partition coefficient (Wildman–Crippen LogP) is 2.31. The largest absolute Gasteiger partial charge is 0.496 e. The van der Waals surface area contributed by atoms with Crippen molar-refractivity contribution >= 4 is 17.7 Å². The van der Waals surface area contributed by atoms with E-state index in [4.69, 9.17) is 9.47 Å². The number of para-hydroxylation sites is 1. The molecular weight excluding hydrogens is 314 g/mol. The van der Waals surface area contributed by atoms with Gasteiger partial charge in [0.15, 0.2) is 0 Å². The van der Waals surface area contributed by atoms with E-state index in [1.165, 1.54) is 7.11 Å². The van der Waals surface area contributed by atoms with E-state index in [1.54, 1.807) is 18.9 Å². The van der Waals surface area contributed by atoms with Gasteiger partial charge in [0.1, 0.15) is 17.4 Å². The minimum atomic E-state index is -0.160. The number of esters is 1. The van der Waals surface area contributed by atoms with Crippen molar-refractivity contribution < 1.29 is 14.3 Å². The second-order valence-corrected chi connectivity index (χ2v) is 6.36. The maximum atomic E-state index is 11.8. The fraction of sp³-hybridized carbons (Fsp3) is 0.438. The van der Waals surface area contributed by atoms with E-state index in [9.17, 15) is 4.79 Å². The molecule has 1 aliphatic rings. The Hall–Kier alpha value is -2.02. The topological polar surface area (TPSA) is 66.2 Å². The fourth-order valence-corrected chi connectivity index (χ4v) is 3.70. The van der Waals surface area contributed by atoms with Crippen molar-refractivity contribution in [3.63, 3.8) is 0 Å². The zero-order valence-corrected chi connectivity index (χ0v) is 14.0. The first-order chi connectivity index (χ1) is 11.2. The van der Waals surface area contributed by atoms with Gasteiger partial charge in [-0.1, -0.05) is 12.1 Å². The average Bonchev–Trinajstić information content (AvgIpc) is 3.01. The minimum absolute atomic E-state index is 0.112. The lowest BCUT2D eigenvalue weighted by Gasteiger charge is -2.22. The van der Waals surface area contributed by atoms with E-state index < -0.39 is 0 Å². The molecule has 0 radical (unpaired) electrons. The number of hydrogen-bond donors (Lipinski definition) is 0. The summed E-state index contributed by atoms with van der Waals surface area (Å²) < 4.78 is 12.3. The van der Waals surface area contributed by atoms with Crippen LogP contribution in [0.3, 0.4) is 0 Å². The normalized spacial score (nSPS) is 16.7. The number of hydrogen-bond acceptors (Lipinski definition) is 6. The molecule has 6 nitrogen and oxygen atoms in total. The lowest BCUT2D eigenvalue weighted by atomic mass is 9.99. The van der Waals surface area contributed by atoms with Crippen LogP contribution in [-0.2, 0) is 28.2 Å². The molecule has 0 spiro atoms. The summed E-state index contributed by atoms with van der Waals surface area (Å²) in [5.41, 5.74) is 0. The maximum absolute atomic E-state index is 11.8. The monoisotopic (exact) mass is 333 g/mol. The molecule has 3 rings (SSSR count). The van der Waals surface area contributed by atoms with Gasteiger partial charge in [-0.2, -0.15) is 0 Å². The highest BCUT2D eigenvalue weighted by Crippen LogP contribution is 2.31. The molecule has 0 saturated heterocycles. The summed E-state index contributed by atoms with van der Waals surface area (Å²) in [6, 6.07) is 7.89. The van der Waals surface area contributed by atoms with E-state index in [-0.39, 0.29) is 11.9 Å². The van der Waals surface area contributed by atoms with Crippen molar-refractivity contribution in [2.75, 3.05) is 14.2 Å². The van der Waals surface area contributed by atoms with Gasteiger partial charge in [0.2, 0.25) is 0 Å². The molecule has 0 fully saturated rings. The number of carbonyl (C=O) groups is 1. The van der Waals surface area contributed by atoms with Gasteiger partial charge in [-0.25, -0.2) is 0 Å². The fourth-order valence-electron chi connectivity index (χ4n) is 2.73. The predicted molar refractivity (Wildman–Crippen MR) is 86.4 cm³/mol. The molecule has 122 valence electrons. The van der Waals surface area contributed by atoms with E-state index in [0.29, 0.717) is 12.3 Å². The van der Waals surface area contributed by atoms with Gasteiger partial charge >= 0.3 is 5.97 Å². The second kappa shape index (κ2) is 7.04. The van der Waals surface area contributed by atoms with Gasteiger partial charge in [-0.05, 0) is 18.6 Å². The Morgan fingerprint density at radius 2 is 2.17 bits per heavy atom. The standard InChI is InChI=1S/C16H19N3O3S/c1-21-12-5-3-4-6-13(12)23-10-15-18-17-14-8-7-11(9-19(14)15)16(20)22-2/h3-6,11H,7-10H2,1-2H3. The van der Waals surface area contributed by atoms with E-state index in [1.807, 2.05) is 28.8 Å². The Labute approximate surface area is 139 Å². The number of thioether (sulfide) groups is 1. The van der Waals surface area contributed by atoms with Gasteiger partial charge in [-0.3, -0.25) is 4.79 Å². The first-order valence-corrected chi connectivity index (χ1v) is 8.46. The van der Waals surface area contributed by atoms with Crippen molar-refractivity contribution in [3.05, 3.63) is 35.9 Å². The Bertz CT molecular complexity index is 702. The van der Waals surface area contributed by atoms with E-state index in [2.05, 4.69) is 10.2 Å². The summed E-state index contributed by atoms with van der Waals surface area (Å²) in [6.45, 7) is 0.594. The number of rotatable bonds is 5. The Morgan fingerprint density at radius 1 is 1.35 bits per heavy atom. The number of ether oxygens (including phenoxy) is 2. The number of aromatic nitrogens is 3. The molecule has 7 heteroatoms. The molecule has 1 aliphatic heterocycles. The summed E-state index contributed by atoms with van der Waals surface area (Å²) in [5, 5.41) is 8.53. The van der Waals surface area contributed by atoms with Gasteiger partial charge in [0, 0.05) is 17.9 Å². The highest BCUT2D eigenvalue weighted by molar-refractivity contribution is 7.98. The molecule has 0 saturated carbocycles. The quantitative estimate of drug-likeness (QED) is 0.618. The van der Waals surface area contributed by atoms with E-state index >= 15 is 0 Å². The number of methoxy groups -OCH3 is 2. The van der Waals surface area contributed by atoms with Crippen LogP contribution in [0.25, 0.3) is 0 Å². The number of nitrogens with zero attached hydrogens (tertiary/aromatic N) is 3.